The van der Waals surface area contributed by atoms with Gasteiger partial charge in [0.2, 0.25) is 0 Å². The molecule has 0 bridgehead atoms. The van der Waals surface area contributed by atoms with Crippen molar-refractivity contribution in [2.24, 2.45) is 0 Å². The fraction of sp³-hybridized carbons (Fsp3) is 0.400. The van der Waals surface area contributed by atoms with E-state index in [1.54, 1.807) is 19.1 Å². The Labute approximate surface area is 90.4 Å². The molecule has 1 aromatic rings. The molecule has 0 unspecified atom stereocenters. The van der Waals surface area contributed by atoms with Crippen molar-refractivity contribution in [1.29, 1.82) is 0 Å². The van der Waals surface area contributed by atoms with Gasteiger partial charge in [-0.05, 0) is 24.6 Å². The van der Waals surface area contributed by atoms with E-state index in [9.17, 15) is 17.6 Å². The van der Waals surface area contributed by atoms with E-state index in [0.717, 1.165) is 0 Å². The first-order valence-corrected chi connectivity index (χ1v) is 4.59. The molecule has 6 heteroatoms. The number of alkyl halides is 4. The van der Waals surface area contributed by atoms with Crippen LogP contribution in [0.4, 0.5) is 28.9 Å². The van der Waals surface area contributed by atoms with Crippen LogP contribution in [0.1, 0.15) is 5.56 Å². The molecule has 1 aromatic carbocycles. The van der Waals surface area contributed by atoms with Crippen LogP contribution in [0, 0.1) is 6.92 Å². The smallest absolute Gasteiger partial charge is 0.324 e. The highest BCUT2D eigenvalue weighted by molar-refractivity contribution is 5.59. The highest BCUT2D eigenvalue weighted by Crippen LogP contribution is 2.25. The first-order valence-electron chi connectivity index (χ1n) is 4.59. The Kier molecular flexibility index (Phi) is 3.62. The van der Waals surface area contributed by atoms with Crippen LogP contribution in [-0.4, -0.2) is 18.9 Å². The number of halogens is 4. The minimum Gasteiger partial charge on any atom is -0.399 e. The summed E-state index contributed by atoms with van der Waals surface area (Å²) in [4.78, 5) is 0. The molecule has 0 aliphatic heterocycles. The molecule has 0 fully saturated rings. The Morgan fingerprint density at radius 2 is 2.00 bits per heavy atom. The molecule has 0 radical (unpaired) electrons. The highest BCUT2D eigenvalue weighted by atomic mass is 19.3. The van der Waals surface area contributed by atoms with Gasteiger partial charge >= 0.3 is 12.3 Å². The number of nitrogens with one attached hydrogen (secondary N) is 1. The quantitative estimate of drug-likeness (QED) is 0.623. The minimum atomic E-state index is -4.04. The Hall–Kier alpha value is -1.46. The molecule has 3 N–H and O–H groups in total. The average Bonchev–Trinajstić information content (AvgIpc) is 2.19. The molecule has 0 aliphatic rings. The van der Waals surface area contributed by atoms with E-state index in [4.69, 9.17) is 5.73 Å². The molecule has 0 spiro atoms. The van der Waals surface area contributed by atoms with Crippen molar-refractivity contribution in [3.8, 4) is 0 Å². The average molecular weight is 236 g/mol. The number of nitrogens with two attached hydrogens (primary N) is 1. The molecule has 0 heterocycles. The van der Waals surface area contributed by atoms with Crippen molar-refractivity contribution in [2.45, 2.75) is 19.3 Å². The Morgan fingerprint density at radius 1 is 1.38 bits per heavy atom. The van der Waals surface area contributed by atoms with E-state index in [1.807, 2.05) is 0 Å². The SMILES string of the molecule is Cc1ccc(N)cc1NCC(F)(F)C(F)F. The van der Waals surface area contributed by atoms with Gasteiger partial charge in [-0.15, -0.1) is 0 Å². The largest absolute Gasteiger partial charge is 0.399 e. The van der Waals surface area contributed by atoms with E-state index in [2.05, 4.69) is 5.32 Å². The van der Waals surface area contributed by atoms with E-state index >= 15 is 0 Å². The number of nitrogen functional groups attached to an aromatic ring is 1. The van der Waals surface area contributed by atoms with Crippen LogP contribution in [0.5, 0.6) is 0 Å². The zero-order chi connectivity index (χ0) is 12.3. The van der Waals surface area contributed by atoms with Gasteiger partial charge in [-0.2, -0.15) is 8.78 Å². The van der Waals surface area contributed by atoms with Crippen molar-refractivity contribution in [1.82, 2.24) is 0 Å². The van der Waals surface area contributed by atoms with Gasteiger partial charge < -0.3 is 11.1 Å². The monoisotopic (exact) mass is 236 g/mol. The molecule has 1 rings (SSSR count). The second-order valence-electron chi connectivity index (χ2n) is 3.49. The first-order chi connectivity index (χ1) is 7.33. The Morgan fingerprint density at radius 3 is 2.56 bits per heavy atom. The van der Waals surface area contributed by atoms with Gasteiger partial charge in [0.15, 0.2) is 0 Å². The topological polar surface area (TPSA) is 38.0 Å². The third kappa shape index (κ3) is 3.01. The van der Waals surface area contributed by atoms with E-state index in [1.165, 1.54) is 6.07 Å². The number of benzene rings is 1. The van der Waals surface area contributed by atoms with Crippen molar-refractivity contribution in [3.05, 3.63) is 23.8 Å². The molecular formula is C10H12F4N2. The van der Waals surface area contributed by atoms with E-state index in [-0.39, 0.29) is 0 Å². The summed E-state index contributed by atoms with van der Waals surface area (Å²) in [6.07, 6.45) is -3.68. The van der Waals surface area contributed by atoms with Crippen molar-refractivity contribution in [3.63, 3.8) is 0 Å². The number of rotatable bonds is 4. The van der Waals surface area contributed by atoms with Crippen LogP contribution in [0.3, 0.4) is 0 Å². The van der Waals surface area contributed by atoms with Gasteiger partial charge in [-0.25, -0.2) is 8.78 Å². The first kappa shape index (κ1) is 12.6. The summed E-state index contributed by atoms with van der Waals surface area (Å²) in [6.45, 7) is 0.553. The lowest BCUT2D eigenvalue weighted by Gasteiger charge is -2.17. The van der Waals surface area contributed by atoms with Gasteiger partial charge in [0.05, 0.1) is 6.54 Å². The van der Waals surface area contributed by atoms with Crippen molar-refractivity contribution < 1.29 is 17.6 Å². The van der Waals surface area contributed by atoms with Gasteiger partial charge in [0, 0.05) is 11.4 Å². The molecule has 0 atom stereocenters. The fourth-order valence-corrected chi connectivity index (χ4v) is 1.12. The van der Waals surface area contributed by atoms with Gasteiger partial charge in [-0.1, -0.05) is 6.07 Å². The van der Waals surface area contributed by atoms with Crippen LogP contribution in [0.25, 0.3) is 0 Å². The lowest BCUT2D eigenvalue weighted by Crippen LogP contribution is -2.34. The van der Waals surface area contributed by atoms with Crippen molar-refractivity contribution >= 4 is 11.4 Å². The molecule has 0 aromatic heterocycles. The summed E-state index contributed by atoms with van der Waals surface area (Å²) < 4.78 is 49.0. The van der Waals surface area contributed by atoms with Crippen molar-refractivity contribution in [2.75, 3.05) is 17.6 Å². The van der Waals surface area contributed by atoms with Crippen LogP contribution in [0.2, 0.25) is 0 Å². The third-order valence-corrected chi connectivity index (χ3v) is 2.10. The molecule has 0 saturated carbocycles. The third-order valence-electron chi connectivity index (χ3n) is 2.10. The molecule has 0 amide bonds. The zero-order valence-electron chi connectivity index (χ0n) is 8.61. The Balaban J connectivity index is 2.71. The van der Waals surface area contributed by atoms with Gasteiger partial charge in [-0.3, -0.25) is 0 Å². The number of anilines is 2. The lowest BCUT2D eigenvalue weighted by molar-refractivity contribution is -0.117. The molecule has 0 saturated heterocycles. The highest BCUT2D eigenvalue weighted by Gasteiger charge is 2.40. The van der Waals surface area contributed by atoms with E-state index < -0.39 is 18.9 Å². The molecule has 2 nitrogen and oxygen atoms in total. The summed E-state index contributed by atoms with van der Waals surface area (Å²) in [5.41, 5.74) is 6.83. The minimum absolute atomic E-state index is 0.334. The number of hydrogen-bond donors (Lipinski definition) is 2. The normalized spacial score (nSPS) is 11.9. The van der Waals surface area contributed by atoms with Crippen LogP contribution < -0.4 is 11.1 Å². The maximum absolute atomic E-state index is 12.6. The fourth-order valence-electron chi connectivity index (χ4n) is 1.12. The summed E-state index contributed by atoms with van der Waals surface area (Å²) in [7, 11) is 0. The maximum atomic E-state index is 12.6. The molecule has 0 aliphatic carbocycles. The summed E-state index contributed by atoms with van der Waals surface area (Å²) in [6, 6.07) is 4.65. The van der Waals surface area contributed by atoms with Crippen LogP contribution in [0.15, 0.2) is 18.2 Å². The summed E-state index contributed by atoms with van der Waals surface area (Å²) in [5.74, 6) is -4.04. The predicted octanol–water partition coefficient (Wildman–Crippen LogP) is 2.89. The van der Waals surface area contributed by atoms with Gasteiger partial charge in [0.25, 0.3) is 0 Å². The Bertz CT molecular complexity index is 366. The molecule has 16 heavy (non-hydrogen) atoms. The van der Waals surface area contributed by atoms with Gasteiger partial charge in [0.1, 0.15) is 0 Å². The predicted molar refractivity (Wildman–Crippen MR) is 55.0 cm³/mol. The zero-order valence-corrected chi connectivity index (χ0v) is 8.61. The molecule has 90 valence electrons. The summed E-state index contributed by atoms with van der Waals surface area (Å²) >= 11 is 0. The summed E-state index contributed by atoms with van der Waals surface area (Å²) in [5, 5.41) is 2.27. The second-order valence-corrected chi connectivity index (χ2v) is 3.49. The standard InChI is InChI=1S/C10H12F4N2/c1-6-2-3-7(15)4-8(6)16-5-10(13,14)9(11)12/h2-4,9,16H,5,15H2,1H3. The van der Waals surface area contributed by atoms with Crippen LogP contribution >= 0.6 is 0 Å². The maximum Gasteiger partial charge on any atom is 0.324 e. The number of hydrogen-bond acceptors (Lipinski definition) is 2. The van der Waals surface area contributed by atoms with Crippen LogP contribution in [-0.2, 0) is 0 Å². The molecular weight excluding hydrogens is 224 g/mol. The second kappa shape index (κ2) is 4.59. The van der Waals surface area contributed by atoms with E-state index in [0.29, 0.717) is 16.9 Å². The lowest BCUT2D eigenvalue weighted by atomic mass is 10.2. The number of aryl methyl sites for hydroxylation is 1.